The molecule has 3 atom stereocenters. The third-order valence-electron chi connectivity index (χ3n) is 7.79. The van der Waals surface area contributed by atoms with Gasteiger partial charge in [-0.1, -0.05) is 118 Å². The number of nitrogens with two attached hydrogens (primary N) is 1. The maximum absolute atomic E-state index is 12.6. The molecule has 320 valence electrons. The summed E-state index contributed by atoms with van der Waals surface area (Å²) in [6, 6.07) is -1.57. The number of phosphoric acid groups is 1. The predicted molar refractivity (Wildman–Crippen MR) is 226 cm³/mol. The van der Waals surface area contributed by atoms with Crippen molar-refractivity contribution in [2.24, 2.45) is 5.73 Å². The summed E-state index contributed by atoms with van der Waals surface area (Å²) in [5, 5.41) is 8.87. The van der Waals surface area contributed by atoms with Crippen LogP contribution in [0.15, 0.2) is 97.2 Å². The Kier molecular flexibility index (Phi) is 35.0. The van der Waals surface area contributed by atoms with Crippen molar-refractivity contribution >= 4 is 31.5 Å². The fourth-order valence-electron chi connectivity index (χ4n) is 4.59. The Balaban J connectivity index is 4.70. The first-order chi connectivity index (χ1) is 27.5. The summed E-state index contributed by atoms with van der Waals surface area (Å²) >= 11 is 0. The molecule has 0 radical (unpaired) electrons. The number of allylic oxidation sites excluding steroid dienone is 16. The van der Waals surface area contributed by atoms with Crippen molar-refractivity contribution in [3.05, 3.63) is 97.2 Å². The molecule has 0 spiro atoms. The van der Waals surface area contributed by atoms with Gasteiger partial charge in [0.2, 0.25) is 0 Å². The van der Waals surface area contributed by atoms with Crippen LogP contribution in [0.5, 0.6) is 0 Å². The van der Waals surface area contributed by atoms with Crippen molar-refractivity contribution in [1.29, 1.82) is 0 Å². The van der Waals surface area contributed by atoms with E-state index < -0.39 is 57.7 Å². The molecule has 0 aliphatic carbocycles. The number of aliphatic carboxylic acids is 1. The molecule has 0 rings (SSSR count). The van der Waals surface area contributed by atoms with E-state index in [2.05, 4.69) is 85.2 Å². The average molecular weight is 818 g/mol. The number of hydrogen-bond acceptors (Lipinski definition) is 10. The highest BCUT2D eigenvalue weighted by Gasteiger charge is 2.28. The number of esters is 2. The molecule has 13 heteroatoms. The van der Waals surface area contributed by atoms with Crippen LogP contribution in [-0.2, 0) is 42.3 Å². The highest BCUT2D eigenvalue weighted by molar-refractivity contribution is 7.47. The van der Waals surface area contributed by atoms with E-state index in [0.29, 0.717) is 6.42 Å². The summed E-state index contributed by atoms with van der Waals surface area (Å²) in [5.41, 5.74) is 5.30. The zero-order valence-electron chi connectivity index (χ0n) is 34.1. The molecule has 0 aromatic rings. The molecule has 0 aromatic heterocycles. The van der Waals surface area contributed by atoms with Gasteiger partial charge in [0.15, 0.2) is 11.9 Å². The van der Waals surface area contributed by atoms with Crippen LogP contribution in [0, 0.1) is 0 Å². The van der Waals surface area contributed by atoms with Gasteiger partial charge in [0.1, 0.15) is 12.6 Å². The SMILES string of the molecule is CC/C=C\C/C=C\C/C=C\C/C=C\CCCCC(=O)O[C@H](COC(=O)CCCC(=O)/C=C/C=C\C/C=C\C/C=C\CCCCC)COP(=O)(O)OC[C@H](N)C(=O)O. The number of hydrogen-bond donors (Lipinski definition) is 3. The summed E-state index contributed by atoms with van der Waals surface area (Å²) < 4.78 is 32.4. The molecule has 0 saturated heterocycles. The van der Waals surface area contributed by atoms with Crippen molar-refractivity contribution in [3.8, 4) is 0 Å². The largest absolute Gasteiger partial charge is 0.480 e. The molecule has 0 aliphatic heterocycles. The zero-order chi connectivity index (χ0) is 42.2. The van der Waals surface area contributed by atoms with Gasteiger partial charge >= 0.3 is 25.7 Å². The molecule has 4 N–H and O–H groups in total. The van der Waals surface area contributed by atoms with Gasteiger partial charge in [-0.25, -0.2) is 4.57 Å². The lowest BCUT2D eigenvalue weighted by Crippen LogP contribution is -2.34. The minimum atomic E-state index is -4.79. The number of ether oxygens (including phenoxy) is 2. The van der Waals surface area contributed by atoms with E-state index in [0.717, 1.165) is 57.8 Å². The Morgan fingerprint density at radius 2 is 1.14 bits per heavy atom. The van der Waals surface area contributed by atoms with Gasteiger partial charge in [-0.15, -0.1) is 0 Å². The smallest absolute Gasteiger partial charge is 0.472 e. The molecule has 0 bridgehead atoms. The average Bonchev–Trinajstić information content (AvgIpc) is 3.18. The molecule has 0 amide bonds. The fourth-order valence-corrected chi connectivity index (χ4v) is 5.37. The van der Waals surface area contributed by atoms with E-state index in [1.807, 2.05) is 12.2 Å². The maximum atomic E-state index is 12.6. The standard InChI is InChI=1S/C44H68NO11P/c1-3-5-7-9-11-13-15-17-18-20-22-24-26-28-30-34-43(48)56-40(37-54-57(51,52)55-38-41(45)44(49)50)36-53-42(47)35-31-33-39(46)32-29-27-25-23-21-19-16-14-12-10-8-6-4-2/h5,7,11-14,17-19,21-22,24-25,27,29,32,40-41H,3-4,6,8-10,15-16,20,23,26,28,30-31,33-38,45H2,1-2H3,(H,49,50)(H,51,52)/b7-5-,13-11-,14-12-,18-17-,21-19-,24-22-,27-25-,32-29+/t40-,41+/m1/s1. The first kappa shape index (κ1) is 53.1. The van der Waals surface area contributed by atoms with Gasteiger partial charge < -0.3 is 25.2 Å². The van der Waals surface area contributed by atoms with Crippen LogP contribution in [0.2, 0.25) is 0 Å². The highest BCUT2D eigenvalue weighted by Crippen LogP contribution is 2.43. The van der Waals surface area contributed by atoms with E-state index in [4.69, 9.17) is 24.8 Å². The van der Waals surface area contributed by atoms with Crippen LogP contribution < -0.4 is 5.73 Å². The second kappa shape index (κ2) is 37.6. The number of carbonyl (C=O) groups excluding carboxylic acids is 3. The predicted octanol–water partition coefficient (Wildman–Crippen LogP) is 9.68. The van der Waals surface area contributed by atoms with Crippen LogP contribution in [0.25, 0.3) is 0 Å². The number of ketones is 1. The Labute approximate surface area is 340 Å². The molecular formula is C44H68NO11P. The molecule has 0 fully saturated rings. The monoisotopic (exact) mass is 817 g/mol. The third-order valence-corrected chi connectivity index (χ3v) is 8.74. The van der Waals surface area contributed by atoms with Gasteiger partial charge in [0.05, 0.1) is 13.2 Å². The van der Waals surface area contributed by atoms with Crippen LogP contribution in [0.1, 0.15) is 123 Å². The topological polar surface area (TPSA) is 189 Å². The Hall–Kier alpha value is -3.93. The molecule has 12 nitrogen and oxygen atoms in total. The summed E-state index contributed by atoms with van der Waals surface area (Å²) in [6.07, 6.45) is 43.5. The van der Waals surface area contributed by atoms with Crippen LogP contribution in [0.4, 0.5) is 0 Å². The second-order valence-electron chi connectivity index (χ2n) is 13.1. The number of carbonyl (C=O) groups is 4. The van der Waals surface area contributed by atoms with Crippen molar-refractivity contribution < 1.29 is 52.3 Å². The first-order valence-corrected chi connectivity index (χ1v) is 21.7. The van der Waals surface area contributed by atoms with E-state index in [-0.39, 0.29) is 31.5 Å². The molecule has 0 saturated carbocycles. The third kappa shape index (κ3) is 37.4. The number of carboxylic acids is 1. The van der Waals surface area contributed by atoms with Crippen molar-refractivity contribution in [3.63, 3.8) is 0 Å². The lowest BCUT2D eigenvalue weighted by Gasteiger charge is -2.20. The van der Waals surface area contributed by atoms with Gasteiger partial charge in [-0.05, 0) is 83.1 Å². The van der Waals surface area contributed by atoms with Crippen molar-refractivity contribution in [1.82, 2.24) is 0 Å². The number of phosphoric ester groups is 1. The summed E-state index contributed by atoms with van der Waals surface area (Å²) in [6.45, 7) is 2.33. The molecule has 57 heavy (non-hydrogen) atoms. The Bertz CT molecular complexity index is 1390. The van der Waals surface area contributed by atoms with Gasteiger partial charge in [-0.3, -0.25) is 28.2 Å². The number of carboxylic acid groups (broad SMARTS) is 1. The van der Waals surface area contributed by atoms with E-state index >= 15 is 0 Å². The highest BCUT2D eigenvalue weighted by atomic mass is 31.2. The molecular weight excluding hydrogens is 749 g/mol. The molecule has 1 unspecified atom stereocenters. The normalized spacial score (nSPS) is 14.7. The Morgan fingerprint density at radius 3 is 1.72 bits per heavy atom. The van der Waals surface area contributed by atoms with Gasteiger partial charge in [-0.2, -0.15) is 0 Å². The Morgan fingerprint density at radius 1 is 0.614 bits per heavy atom. The van der Waals surface area contributed by atoms with Crippen LogP contribution >= 0.6 is 7.82 Å². The fraction of sp³-hybridized carbons (Fsp3) is 0.545. The minimum Gasteiger partial charge on any atom is -0.480 e. The van der Waals surface area contributed by atoms with Crippen molar-refractivity contribution in [2.75, 3.05) is 19.8 Å². The molecule has 0 aromatic carbocycles. The van der Waals surface area contributed by atoms with E-state index in [9.17, 15) is 28.6 Å². The van der Waals surface area contributed by atoms with Gasteiger partial charge in [0.25, 0.3) is 0 Å². The number of rotatable bonds is 36. The van der Waals surface area contributed by atoms with Crippen LogP contribution in [-0.4, -0.2) is 65.7 Å². The summed E-state index contributed by atoms with van der Waals surface area (Å²) in [7, 11) is -4.79. The maximum Gasteiger partial charge on any atom is 0.472 e. The van der Waals surface area contributed by atoms with Gasteiger partial charge in [0, 0.05) is 19.3 Å². The quantitative estimate of drug-likeness (QED) is 0.0136. The first-order valence-electron chi connectivity index (χ1n) is 20.2. The lowest BCUT2D eigenvalue weighted by atomic mass is 10.1. The second-order valence-corrected chi connectivity index (χ2v) is 14.5. The van der Waals surface area contributed by atoms with Crippen LogP contribution in [0.3, 0.4) is 0 Å². The van der Waals surface area contributed by atoms with E-state index in [1.54, 1.807) is 12.2 Å². The molecule has 0 aliphatic rings. The van der Waals surface area contributed by atoms with Crippen molar-refractivity contribution in [2.45, 2.75) is 135 Å². The lowest BCUT2D eigenvalue weighted by molar-refractivity contribution is -0.161. The minimum absolute atomic E-state index is 0.0527. The molecule has 0 heterocycles. The zero-order valence-corrected chi connectivity index (χ0v) is 35.0. The summed E-state index contributed by atoms with van der Waals surface area (Å²) in [5.74, 6) is -2.89. The van der Waals surface area contributed by atoms with E-state index in [1.165, 1.54) is 25.3 Å². The summed E-state index contributed by atoms with van der Waals surface area (Å²) in [4.78, 5) is 58.0. The number of unbranched alkanes of at least 4 members (excludes halogenated alkanes) is 5.